The molecule has 0 bridgehead atoms. The van der Waals surface area contributed by atoms with E-state index < -0.39 is 11.6 Å². The van der Waals surface area contributed by atoms with Crippen molar-refractivity contribution in [2.45, 2.75) is 12.8 Å². The minimum absolute atomic E-state index is 0.161. The smallest absolute Gasteiger partial charge is 0.234 e. The predicted octanol–water partition coefficient (Wildman–Crippen LogP) is 3.02. The van der Waals surface area contributed by atoms with Crippen molar-refractivity contribution in [1.29, 1.82) is 0 Å². The highest BCUT2D eigenvalue weighted by molar-refractivity contribution is 8.23. The highest BCUT2D eigenvalue weighted by atomic mass is 32.2. The van der Waals surface area contributed by atoms with Gasteiger partial charge in [0.1, 0.15) is 4.32 Å². The average Bonchev–Trinajstić information content (AvgIpc) is 2.94. The molecular formula is C13H14F2N2OS2. The molecule has 1 aromatic rings. The lowest BCUT2D eigenvalue weighted by atomic mass is 10.3. The first-order valence-corrected chi connectivity index (χ1v) is 7.62. The number of hydrogen-bond donors (Lipinski definition) is 1. The zero-order chi connectivity index (χ0) is 14.5. The summed E-state index contributed by atoms with van der Waals surface area (Å²) in [6.45, 7) is 1.88. The lowest BCUT2D eigenvalue weighted by molar-refractivity contribution is -0.113. The number of likely N-dealkylation sites (tertiary alicyclic amines) is 1. The summed E-state index contributed by atoms with van der Waals surface area (Å²) < 4.78 is 26.4. The molecule has 20 heavy (non-hydrogen) atoms. The zero-order valence-electron chi connectivity index (χ0n) is 10.7. The summed E-state index contributed by atoms with van der Waals surface area (Å²) in [5.41, 5.74) is 0.238. The zero-order valence-corrected chi connectivity index (χ0v) is 12.3. The van der Waals surface area contributed by atoms with Crippen LogP contribution in [0.1, 0.15) is 12.8 Å². The number of halogens is 2. The Morgan fingerprint density at radius 3 is 2.65 bits per heavy atom. The average molecular weight is 316 g/mol. The molecule has 0 unspecified atom stereocenters. The molecule has 0 atom stereocenters. The largest absolute Gasteiger partial charge is 0.358 e. The molecule has 1 N–H and O–H groups in total. The summed E-state index contributed by atoms with van der Waals surface area (Å²) in [4.78, 5) is 13.8. The molecule has 1 amide bonds. The molecule has 108 valence electrons. The van der Waals surface area contributed by atoms with Crippen LogP contribution in [0.4, 0.5) is 14.5 Å². The predicted molar refractivity (Wildman–Crippen MR) is 80.9 cm³/mol. The van der Waals surface area contributed by atoms with Crippen LogP contribution in [0.5, 0.6) is 0 Å². The first-order valence-electron chi connectivity index (χ1n) is 6.23. The monoisotopic (exact) mass is 316 g/mol. The minimum atomic E-state index is -0.983. The number of carbonyl (C=O) groups is 1. The van der Waals surface area contributed by atoms with E-state index in [9.17, 15) is 13.6 Å². The molecule has 1 aromatic carbocycles. The van der Waals surface area contributed by atoms with Crippen LogP contribution in [-0.2, 0) is 4.79 Å². The highest BCUT2D eigenvalue weighted by Gasteiger charge is 2.16. The maximum absolute atomic E-state index is 13.0. The molecule has 0 aliphatic carbocycles. The van der Waals surface area contributed by atoms with Gasteiger partial charge < -0.3 is 10.2 Å². The maximum Gasteiger partial charge on any atom is 0.234 e. The van der Waals surface area contributed by atoms with E-state index in [2.05, 4.69) is 10.2 Å². The van der Waals surface area contributed by atoms with Gasteiger partial charge in [0.25, 0.3) is 0 Å². The Hall–Kier alpha value is -1.21. The topological polar surface area (TPSA) is 32.3 Å². The van der Waals surface area contributed by atoms with E-state index in [-0.39, 0.29) is 17.3 Å². The van der Waals surface area contributed by atoms with Gasteiger partial charge in [-0.3, -0.25) is 4.79 Å². The summed E-state index contributed by atoms with van der Waals surface area (Å²) in [5.74, 6) is -2.05. The number of rotatable bonds is 3. The Morgan fingerprint density at radius 1 is 1.30 bits per heavy atom. The summed E-state index contributed by atoms with van der Waals surface area (Å²) >= 11 is 6.52. The van der Waals surface area contributed by atoms with Crippen molar-refractivity contribution in [1.82, 2.24) is 4.90 Å². The third kappa shape index (κ3) is 4.14. The molecule has 7 heteroatoms. The molecule has 1 aliphatic heterocycles. The van der Waals surface area contributed by atoms with Crippen LogP contribution in [0.2, 0.25) is 0 Å². The third-order valence-corrected chi connectivity index (χ3v) is 4.42. The van der Waals surface area contributed by atoms with Crippen molar-refractivity contribution >= 4 is 39.9 Å². The lowest BCUT2D eigenvalue weighted by Gasteiger charge is -2.17. The Balaban J connectivity index is 1.80. The summed E-state index contributed by atoms with van der Waals surface area (Å²) in [6, 6.07) is 3.25. The fraction of sp³-hybridized carbons (Fsp3) is 0.385. The van der Waals surface area contributed by atoms with Gasteiger partial charge in [0, 0.05) is 24.8 Å². The van der Waals surface area contributed by atoms with E-state index >= 15 is 0 Å². The lowest BCUT2D eigenvalue weighted by Crippen LogP contribution is -2.25. The van der Waals surface area contributed by atoms with Gasteiger partial charge in [0.05, 0.1) is 5.75 Å². The first kappa shape index (κ1) is 15.2. The van der Waals surface area contributed by atoms with Crippen molar-refractivity contribution in [2.75, 3.05) is 24.2 Å². The van der Waals surface area contributed by atoms with Crippen LogP contribution in [-0.4, -0.2) is 34.0 Å². The first-order chi connectivity index (χ1) is 9.56. The number of nitrogens with zero attached hydrogens (tertiary/aromatic N) is 1. The van der Waals surface area contributed by atoms with Crippen molar-refractivity contribution in [3.63, 3.8) is 0 Å². The van der Waals surface area contributed by atoms with Gasteiger partial charge in [-0.05, 0) is 25.0 Å². The van der Waals surface area contributed by atoms with Gasteiger partial charge >= 0.3 is 0 Å². The SMILES string of the molecule is O=C(CSC(=S)N1CCCC1)Nc1ccc(F)c(F)c1. The molecule has 0 radical (unpaired) electrons. The number of nitrogens with one attached hydrogen (secondary N) is 1. The van der Waals surface area contributed by atoms with E-state index in [1.54, 1.807) is 0 Å². The number of thiocarbonyl (C=S) groups is 1. The summed E-state index contributed by atoms with van der Waals surface area (Å²) in [7, 11) is 0. The number of thioether (sulfide) groups is 1. The third-order valence-electron chi connectivity index (χ3n) is 2.89. The highest BCUT2D eigenvalue weighted by Crippen LogP contribution is 2.17. The van der Waals surface area contributed by atoms with E-state index in [0.29, 0.717) is 4.32 Å². The second-order valence-electron chi connectivity index (χ2n) is 4.43. The normalized spacial score (nSPS) is 14.4. The number of anilines is 1. The fourth-order valence-corrected chi connectivity index (χ4v) is 2.94. The summed E-state index contributed by atoms with van der Waals surface area (Å²) in [6.07, 6.45) is 2.25. The number of hydrogen-bond acceptors (Lipinski definition) is 3. The Morgan fingerprint density at radius 2 is 2.00 bits per heavy atom. The van der Waals surface area contributed by atoms with E-state index in [0.717, 1.165) is 38.1 Å². The van der Waals surface area contributed by atoms with E-state index in [1.807, 2.05) is 0 Å². The quantitative estimate of drug-likeness (QED) is 0.869. The Kier molecular flexibility index (Phi) is 5.31. The van der Waals surface area contributed by atoms with Gasteiger partial charge in [-0.15, -0.1) is 0 Å². The second-order valence-corrected chi connectivity index (χ2v) is 6.03. The maximum atomic E-state index is 13.0. The van der Waals surface area contributed by atoms with Crippen LogP contribution in [0.3, 0.4) is 0 Å². The molecule has 0 aromatic heterocycles. The van der Waals surface area contributed by atoms with Crippen molar-refractivity contribution in [2.24, 2.45) is 0 Å². The standard InChI is InChI=1S/C13H14F2N2OS2/c14-10-4-3-9(7-11(10)15)16-12(18)8-20-13(19)17-5-1-2-6-17/h3-4,7H,1-2,5-6,8H2,(H,16,18). The van der Waals surface area contributed by atoms with E-state index in [1.165, 1.54) is 17.8 Å². The Bertz CT molecular complexity index is 519. The van der Waals surface area contributed by atoms with Crippen LogP contribution < -0.4 is 5.32 Å². The fourth-order valence-electron chi connectivity index (χ4n) is 1.89. The summed E-state index contributed by atoms with van der Waals surface area (Å²) in [5, 5.41) is 2.51. The van der Waals surface area contributed by atoms with Crippen LogP contribution >= 0.6 is 24.0 Å². The van der Waals surface area contributed by atoms with Crippen molar-refractivity contribution in [3.05, 3.63) is 29.8 Å². The van der Waals surface area contributed by atoms with Gasteiger partial charge in [-0.25, -0.2) is 8.78 Å². The molecule has 3 nitrogen and oxygen atoms in total. The molecule has 0 spiro atoms. The van der Waals surface area contributed by atoms with Crippen LogP contribution in [0.25, 0.3) is 0 Å². The Labute approximate surface area is 125 Å². The van der Waals surface area contributed by atoms with Gasteiger partial charge in [0.15, 0.2) is 11.6 Å². The van der Waals surface area contributed by atoms with E-state index in [4.69, 9.17) is 12.2 Å². The number of amides is 1. The van der Waals surface area contributed by atoms with Crippen LogP contribution in [0.15, 0.2) is 18.2 Å². The second kappa shape index (κ2) is 6.99. The minimum Gasteiger partial charge on any atom is -0.358 e. The number of carbonyl (C=O) groups excluding carboxylic acids is 1. The molecule has 1 heterocycles. The molecular weight excluding hydrogens is 302 g/mol. The number of benzene rings is 1. The van der Waals surface area contributed by atoms with Crippen LogP contribution in [0, 0.1) is 11.6 Å². The molecule has 2 rings (SSSR count). The van der Waals surface area contributed by atoms with Gasteiger partial charge in [0.2, 0.25) is 5.91 Å². The van der Waals surface area contributed by atoms with Crippen molar-refractivity contribution < 1.29 is 13.6 Å². The molecule has 0 saturated carbocycles. The van der Waals surface area contributed by atoms with Gasteiger partial charge in [-0.2, -0.15) is 0 Å². The molecule has 1 aliphatic rings. The van der Waals surface area contributed by atoms with Crippen molar-refractivity contribution in [3.8, 4) is 0 Å². The molecule has 1 saturated heterocycles. The molecule has 1 fully saturated rings. The van der Waals surface area contributed by atoms with Gasteiger partial charge in [-0.1, -0.05) is 24.0 Å².